The van der Waals surface area contributed by atoms with E-state index < -0.39 is 5.91 Å². The van der Waals surface area contributed by atoms with Gasteiger partial charge in [-0.25, -0.2) is 4.98 Å². The number of thiocarbonyl (C=S) groups is 1. The van der Waals surface area contributed by atoms with Crippen molar-refractivity contribution >= 4 is 84.7 Å². The number of rotatable bonds is 3. The average molecular weight is 497 g/mol. The summed E-state index contributed by atoms with van der Waals surface area (Å²) >= 11 is 25.0. The van der Waals surface area contributed by atoms with Crippen LogP contribution in [0.15, 0.2) is 46.9 Å². The maximum absolute atomic E-state index is 12.5. The van der Waals surface area contributed by atoms with Crippen LogP contribution in [0.4, 0.5) is 5.13 Å². The second kappa shape index (κ2) is 8.53. The van der Waals surface area contributed by atoms with E-state index in [4.69, 9.17) is 51.4 Å². The van der Waals surface area contributed by atoms with E-state index in [1.165, 1.54) is 17.4 Å². The van der Waals surface area contributed by atoms with Crippen LogP contribution in [0.1, 0.15) is 16.1 Å². The van der Waals surface area contributed by atoms with Gasteiger partial charge in [-0.1, -0.05) is 46.1 Å². The van der Waals surface area contributed by atoms with E-state index in [9.17, 15) is 4.79 Å². The van der Waals surface area contributed by atoms with Crippen LogP contribution >= 0.6 is 58.4 Å². The van der Waals surface area contributed by atoms with Crippen molar-refractivity contribution in [3.63, 3.8) is 0 Å². The van der Waals surface area contributed by atoms with Crippen molar-refractivity contribution in [1.82, 2.24) is 10.3 Å². The minimum Gasteiger partial charge on any atom is -0.451 e. The topological polar surface area (TPSA) is 67.2 Å². The lowest BCUT2D eigenvalue weighted by atomic mass is 10.2. The summed E-state index contributed by atoms with van der Waals surface area (Å²) in [6.07, 6.45) is 0. The van der Waals surface area contributed by atoms with E-state index in [2.05, 4.69) is 15.6 Å². The van der Waals surface area contributed by atoms with E-state index >= 15 is 0 Å². The van der Waals surface area contributed by atoms with Crippen molar-refractivity contribution in [1.29, 1.82) is 0 Å². The summed E-state index contributed by atoms with van der Waals surface area (Å²) in [5.41, 5.74) is 2.30. The van der Waals surface area contributed by atoms with Gasteiger partial charge in [0.05, 0.1) is 15.2 Å². The van der Waals surface area contributed by atoms with Crippen LogP contribution in [0.5, 0.6) is 0 Å². The first-order chi connectivity index (χ1) is 14.3. The maximum atomic E-state index is 12.5. The number of anilines is 1. The molecule has 2 aromatic heterocycles. The lowest BCUT2D eigenvalue weighted by Crippen LogP contribution is -2.33. The Morgan fingerprint density at radius 3 is 2.70 bits per heavy atom. The Kier molecular flexibility index (Phi) is 5.99. The van der Waals surface area contributed by atoms with Gasteiger partial charge in [0.1, 0.15) is 5.76 Å². The number of thiazole rings is 1. The highest BCUT2D eigenvalue weighted by atomic mass is 35.5. The predicted octanol–water partition coefficient (Wildman–Crippen LogP) is 6.95. The van der Waals surface area contributed by atoms with Crippen LogP contribution in [0, 0.1) is 6.92 Å². The number of aromatic nitrogens is 1. The number of amides is 1. The number of carbonyl (C=O) groups excluding carboxylic acids is 1. The fourth-order valence-corrected chi connectivity index (χ4v) is 4.43. The summed E-state index contributed by atoms with van der Waals surface area (Å²) in [4.78, 5) is 16.9. The molecular weight excluding hydrogens is 485 g/mol. The van der Waals surface area contributed by atoms with Crippen molar-refractivity contribution in [3.05, 3.63) is 68.9 Å². The van der Waals surface area contributed by atoms with Crippen molar-refractivity contribution in [3.8, 4) is 11.3 Å². The molecule has 2 heterocycles. The Morgan fingerprint density at radius 2 is 1.90 bits per heavy atom. The van der Waals surface area contributed by atoms with Crippen molar-refractivity contribution in [2.75, 3.05) is 5.32 Å². The van der Waals surface area contributed by atoms with Crippen LogP contribution in [0.2, 0.25) is 15.1 Å². The van der Waals surface area contributed by atoms with E-state index in [0.717, 1.165) is 15.8 Å². The zero-order valence-electron chi connectivity index (χ0n) is 15.3. The molecule has 5 nitrogen and oxygen atoms in total. The van der Waals surface area contributed by atoms with E-state index in [1.807, 2.05) is 13.0 Å². The summed E-state index contributed by atoms with van der Waals surface area (Å²) < 4.78 is 6.58. The summed E-state index contributed by atoms with van der Waals surface area (Å²) in [7, 11) is 0. The number of carbonyl (C=O) groups is 1. The number of halogens is 3. The molecule has 0 fully saturated rings. The lowest BCUT2D eigenvalue weighted by molar-refractivity contribution is 0.0951. The van der Waals surface area contributed by atoms with E-state index in [1.54, 1.807) is 30.3 Å². The van der Waals surface area contributed by atoms with Crippen molar-refractivity contribution in [2.24, 2.45) is 0 Å². The zero-order valence-corrected chi connectivity index (χ0v) is 19.2. The number of benzene rings is 2. The number of fused-ring (bicyclic) bond motifs is 1. The first kappa shape index (κ1) is 21.1. The molecule has 10 heteroatoms. The summed E-state index contributed by atoms with van der Waals surface area (Å²) in [6, 6.07) is 11.9. The third-order valence-electron chi connectivity index (χ3n) is 4.14. The first-order valence-electron chi connectivity index (χ1n) is 8.54. The quantitative estimate of drug-likeness (QED) is 0.300. The predicted molar refractivity (Wildman–Crippen MR) is 127 cm³/mol. The van der Waals surface area contributed by atoms with E-state index in [-0.39, 0.29) is 10.9 Å². The second-order valence-electron chi connectivity index (χ2n) is 6.28. The third kappa shape index (κ3) is 4.45. The number of nitrogens with zero attached hydrogens (tertiary/aromatic N) is 1. The molecule has 2 aromatic carbocycles. The van der Waals surface area contributed by atoms with Gasteiger partial charge >= 0.3 is 0 Å². The number of furan rings is 1. The number of hydrogen-bond donors (Lipinski definition) is 2. The highest BCUT2D eigenvalue weighted by Gasteiger charge is 2.16. The molecule has 0 saturated carbocycles. The molecule has 0 bridgehead atoms. The Hall–Kier alpha value is -2.16. The Balaban J connectivity index is 1.46. The van der Waals surface area contributed by atoms with Crippen LogP contribution in [0.25, 0.3) is 21.5 Å². The Morgan fingerprint density at radius 1 is 1.10 bits per heavy atom. The van der Waals surface area contributed by atoms with Crippen LogP contribution in [-0.2, 0) is 0 Å². The molecule has 1 amide bonds. The van der Waals surface area contributed by atoms with Gasteiger partial charge in [-0.3, -0.25) is 10.1 Å². The number of hydrogen-bond acceptors (Lipinski definition) is 5. The molecule has 0 aliphatic carbocycles. The van der Waals surface area contributed by atoms with Gasteiger partial charge in [-0.15, -0.1) is 0 Å². The molecular formula is C20H12Cl3N3O2S2. The number of nitrogens with one attached hydrogen (secondary N) is 2. The van der Waals surface area contributed by atoms with Gasteiger partial charge < -0.3 is 9.73 Å². The smallest absolute Gasteiger partial charge is 0.293 e. The fraction of sp³-hybridized carbons (Fsp3) is 0.0500. The van der Waals surface area contributed by atoms with Gasteiger partial charge in [0.2, 0.25) is 0 Å². The highest BCUT2D eigenvalue weighted by molar-refractivity contribution is 7.80. The third-order valence-corrected chi connectivity index (χ3v) is 6.25. The molecule has 2 N–H and O–H groups in total. The van der Waals surface area contributed by atoms with Crippen molar-refractivity contribution in [2.45, 2.75) is 6.92 Å². The van der Waals surface area contributed by atoms with Gasteiger partial charge in [0.15, 0.2) is 16.0 Å². The molecule has 4 rings (SSSR count). The van der Waals surface area contributed by atoms with Gasteiger partial charge in [0.25, 0.3) is 5.91 Å². The standard InChI is InChI=1S/C20H12Cl3N3O2S2/c1-9-6-17-14(8-13(9)23)24-20(30-17)26-19(29)25-18(27)16-5-4-15(28-16)11-7-10(21)2-3-12(11)22/h2-8H,1H3,(H2,24,25,26,27,29). The molecule has 30 heavy (non-hydrogen) atoms. The molecule has 0 aliphatic heterocycles. The van der Waals surface area contributed by atoms with Crippen LogP contribution in [0.3, 0.4) is 0 Å². The SMILES string of the molecule is Cc1cc2sc(NC(=S)NC(=O)c3ccc(-c4cc(Cl)ccc4Cl)o3)nc2cc1Cl. The van der Waals surface area contributed by atoms with Crippen LogP contribution in [-0.4, -0.2) is 16.0 Å². The van der Waals surface area contributed by atoms with Gasteiger partial charge in [-0.05, 0) is 67.2 Å². The monoisotopic (exact) mass is 495 g/mol. The van der Waals surface area contributed by atoms with Crippen molar-refractivity contribution < 1.29 is 9.21 Å². The Labute approximate surface area is 196 Å². The molecule has 0 atom stereocenters. The first-order valence-corrected chi connectivity index (χ1v) is 10.9. The number of aryl methyl sites for hydroxylation is 1. The molecule has 4 aromatic rings. The fourth-order valence-electron chi connectivity index (χ4n) is 2.69. The summed E-state index contributed by atoms with van der Waals surface area (Å²) in [6.45, 7) is 1.92. The van der Waals surface area contributed by atoms with Gasteiger partial charge in [-0.2, -0.15) is 0 Å². The summed E-state index contributed by atoms with van der Waals surface area (Å²) in [5.74, 6) is -0.00116. The molecule has 0 saturated heterocycles. The molecule has 152 valence electrons. The lowest BCUT2D eigenvalue weighted by Gasteiger charge is -2.05. The average Bonchev–Trinajstić information content (AvgIpc) is 3.31. The van der Waals surface area contributed by atoms with E-state index in [0.29, 0.717) is 31.5 Å². The zero-order chi connectivity index (χ0) is 21.4. The molecule has 0 spiro atoms. The maximum Gasteiger partial charge on any atom is 0.293 e. The minimum absolute atomic E-state index is 0.0805. The molecule has 0 unspecified atom stereocenters. The van der Waals surface area contributed by atoms with Crippen LogP contribution < -0.4 is 10.6 Å². The minimum atomic E-state index is -0.503. The highest BCUT2D eigenvalue weighted by Crippen LogP contribution is 2.32. The normalized spacial score (nSPS) is 10.9. The molecule has 0 aliphatic rings. The van der Waals surface area contributed by atoms with Gasteiger partial charge in [0, 0.05) is 15.6 Å². The Bertz CT molecular complexity index is 1260. The second-order valence-corrected chi connectivity index (χ2v) is 8.97. The largest absolute Gasteiger partial charge is 0.451 e. The summed E-state index contributed by atoms with van der Waals surface area (Å²) in [5, 5.41) is 7.74. The molecule has 0 radical (unpaired) electrons.